The highest BCUT2D eigenvalue weighted by Gasteiger charge is 2.46. The number of aliphatic hydroxyl groups excluding tert-OH is 3. The number of nitrogens with two attached hydrogens (primary N) is 1. The van der Waals surface area contributed by atoms with E-state index in [1.54, 1.807) is 6.08 Å². The van der Waals surface area contributed by atoms with E-state index in [0.29, 0.717) is 38.0 Å². The number of carbonyl (C=O) groups is 2. The number of aliphatic hydroxyl groups is 3. The van der Waals surface area contributed by atoms with E-state index in [4.69, 9.17) is 29.0 Å². The number of hydrogen-bond donors (Lipinski definition) is 6. The van der Waals surface area contributed by atoms with Crippen molar-refractivity contribution in [1.82, 2.24) is 9.55 Å². The van der Waals surface area contributed by atoms with Gasteiger partial charge < -0.3 is 45.1 Å². The van der Waals surface area contributed by atoms with Gasteiger partial charge in [0.25, 0.3) is 0 Å². The van der Waals surface area contributed by atoms with Gasteiger partial charge in [-0.15, -0.1) is 0 Å². The number of allylic oxidation sites excluding steroid dienone is 6. The van der Waals surface area contributed by atoms with Crippen LogP contribution in [-0.4, -0.2) is 96.9 Å². The minimum Gasteiger partial charge on any atom is -0.462 e. The third-order valence-corrected chi connectivity index (χ3v) is 12.8. The highest BCUT2D eigenvalue weighted by molar-refractivity contribution is 7.61. The summed E-state index contributed by atoms with van der Waals surface area (Å²) in [7, 11) is -10.9. The molecule has 0 aromatic carbocycles. The molecule has 21 heteroatoms. The first-order chi connectivity index (χ1) is 31.4. The van der Waals surface area contributed by atoms with E-state index in [1.165, 1.54) is 38.2 Å². The summed E-state index contributed by atoms with van der Waals surface area (Å²) in [4.78, 5) is 61.6. The Labute approximate surface area is 389 Å². The minimum absolute atomic E-state index is 0.0608. The van der Waals surface area contributed by atoms with Gasteiger partial charge in [0.15, 0.2) is 12.3 Å². The number of carbonyl (C=O) groups excluding carboxylic acids is 2. The molecule has 1 fully saturated rings. The van der Waals surface area contributed by atoms with Gasteiger partial charge in [-0.3, -0.25) is 23.2 Å². The van der Waals surface area contributed by atoms with Crippen LogP contribution in [0.1, 0.15) is 143 Å². The molecule has 0 saturated carbocycles. The maximum Gasteiger partial charge on any atom is 0.481 e. The number of nitrogen functional groups attached to an aromatic ring is 1. The summed E-state index contributed by atoms with van der Waals surface area (Å²) >= 11 is 0. The number of esters is 2. The van der Waals surface area contributed by atoms with Crippen LogP contribution in [0.15, 0.2) is 65.7 Å². The van der Waals surface area contributed by atoms with Crippen molar-refractivity contribution in [3.05, 3.63) is 71.4 Å². The maximum atomic E-state index is 12.8. The first-order valence-electron chi connectivity index (χ1n) is 23.1. The highest BCUT2D eigenvalue weighted by Crippen LogP contribution is 2.60. The Hall–Kier alpha value is -3.32. The second kappa shape index (κ2) is 33.2. The minimum atomic E-state index is -5.44. The second-order valence-corrected chi connectivity index (χ2v) is 19.6. The average molecular weight is 976 g/mol. The summed E-state index contributed by atoms with van der Waals surface area (Å²) in [5.41, 5.74) is 4.56. The number of ether oxygens (including phenoxy) is 3. The van der Waals surface area contributed by atoms with E-state index in [1.807, 2.05) is 36.5 Å². The molecule has 1 aromatic heterocycles. The van der Waals surface area contributed by atoms with Crippen molar-refractivity contribution in [2.75, 3.05) is 25.6 Å². The number of hydrogen-bond acceptors (Lipinski definition) is 16. The topological polar surface area (TPSA) is 286 Å². The van der Waals surface area contributed by atoms with E-state index >= 15 is 0 Å². The van der Waals surface area contributed by atoms with Gasteiger partial charge in [-0.25, -0.2) is 13.9 Å². The lowest BCUT2D eigenvalue weighted by Gasteiger charge is -2.21. The predicted molar refractivity (Wildman–Crippen MR) is 248 cm³/mol. The Balaban J connectivity index is 1.87. The summed E-state index contributed by atoms with van der Waals surface area (Å²) in [6, 6.07) is 1.24. The van der Waals surface area contributed by atoms with Crippen LogP contribution in [-0.2, 0) is 46.3 Å². The average Bonchev–Trinajstić information content (AvgIpc) is 3.53. The summed E-state index contributed by atoms with van der Waals surface area (Å²) in [6.45, 7) is 4.18. The molecule has 2 rings (SSSR count). The number of phosphoric acid groups is 2. The molecular formula is C45H75N3O16P2. The number of nitrogens with zero attached hydrogens (tertiary/aromatic N) is 2. The first kappa shape index (κ1) is 58.8. The Bertz CT molecular complexity index is 1820. The van der Waals surface area contributed by atoms with Crippen molar-refractivity contribution in [3.63, 3.8) is 0 Å². The Morgan fingerprint density at radius 3 is 2.23 bits per heavy atom. The fourth-order valence-corrected chi connectivity index (χ4v) is 8.62. The van der Waals surface area contributed by atoms with Gasteiger partial charge in [0.2, 0.25) is 0 Å². The van der Waals surface area contributed by atoms with E-state index in [2.05, 4.69) is 36.1 Å². The Kier molecular flexibility index (Phi) is 29.6. The van der Waals surface area contributed by atoms with E-state index in [0.717, 1.165) is 49.3 Å². The number of anilines is 1. The molecule has 0 bridgehead atoms. The van der Waals surface area contributed by atoms with Crippen LogP contribution in [0.4, 0.5) is 5.82 Å². The Morgan fingerprint density at radius 1 is 0.848 bits per heavy atom. The summed E-state index contributed by atoms with van der Waals surface area (Å²) in [5, 5.41) is 31.0. The fourth-order valence-electron chi connectivity index (χ4n) is 6.51. The molecule has 19 nitrogen and oxygen atoms in total. The van der Waals surface area contributed by atoms with Crippen LogP contribution in [0.5, 0.6) is 0 Å². The molecule has 2 unspecified atom stereocenters. The Morgan fingerprint density at radius 2 is 1.52 bits per heavy atom. The van der Waals surface area contributed by atoms with Crippen LogP contribution in [0.25, 0.3) is 0 Å². The van der Waals surface area contributed by atoms with Crippen LogP contribution in [0, 0.1) is 5.92 Å². The van der Waals surface area contributed by atoms with Crippen molar-refractivity contribution in [3.8, 4) is 0 Å². The lowest BCUT2D eigenvalue weighted by molar-refractivity contribution is -0.161. The van der Waals surface area contributed by atoms with E-state index in [-0.39, 0.29) is 18.7 Å². The third kappa shape index (κ3) is 26.9. The van der Waals surface area contributed by atoms with Crippen molar-refractivity contribution in [2.24, 2.45) is 5.92 Å². The third-order valence-electron chi connectivity index (χ3n) is 10.2. The van der Waals surface area contributed by atoms with Crippen molar-refractivity contribution >= 4 is 33.4 Å². The van der Waals surface area contributed by atoms with Gasteiger partial charge in [0.1, 0.15) is 30.7 Å². The summed E-state index contributed by atoms with van der Waals surface area (Å²) in [6.07, 6.45) is 22.7. The largest absolute Gasteiger partial charge is 0.481 e. The molecule has 1 aliphatic rings. The van der Waals surface area contributed by atoms with Gasteiger partial charge in [-0.1, -0.05) is 127 Å². The molecule has 1 aliphatic heterocycles. The standard InChI is InChI=1S/C45H75N3O16P2/c1-4-5-6-7-10-16-21-26-36(49)27-22-17-12-9-14-19-24-29-41(51)62-37(32-59-40(50)28-23-18-13-8-11-15-20-25-35(2)3)33-60-65(55,56)64-66(57,58)61-34-38-42(52)43(53)44(63-38)48-31-30-39(46)47-45(48)54/h9-10,14,16-17,21-22,26,30-31,35-38,42-44,49,52-53H,4-8,11-13,15,18-20,23-25,27-29,32-34H2,1-3H3,(H,55,56)(H,57,58)(H2,46,47,54)/b14-9+,16-10-,22-17-,26-21-/t36-,37+,38+,42+,43+,44+/m0/s1. The number of aromatic nitrogens is 2. The number of phosphoric ester groups is 2. The molecule has 0 amide bonds. The molecule has 66 heavy (non-hydrogen) atoms. The fraction of sp³-hybridized carbons (Fsp3) is 0.689. The summed E-state index contributed by atoms with van der Waals surface area (Å²) in [5.74, 6) is -0.729. The highest BCUT2D eigenvalue weighted by atomic mass is 31.3. The van der Waals surface area contributed by atoms with Gasteiger partial charge >= 0.3 is 33.3 Å². The van der Waals surface area contributed by atoms with Crippen molar-refractivity contribution in [2.45, 2.75) is 173 Å². The molecule has 0 radical (unpaired) electrons. The smallest absolute Gasteiger partial charge is 0.462 e. The van der Waals surface area contributed by atoms with Crippen molar-refractivity contribution < 1.29 is 71.4 Å². The van der Waals surface area contributed by atoms with E-state index in [9.17, 15) is 48.6 Å². The SMILES string of the molecule is CCCCC/C=C\C=C/[C@H](O)C/C=C\C/C=C/CCCC(=O)O[C@H](COC(=O)CCCCCCCCCC(C)C)COP(=O)(O)OP(=O)(O)OC[C@H]1O[C@@H](n2ccc(N)nc2=O)[C@H](O)[C@@H]1O. The zero-order valence-electron chi connectivity index (χ0n) is 38.8. The normalized spacial score (nSPS) is 20.7. The summed E-state index contributed by atoms with van der Waals surface area (Å²) < 4.78 is 56.4. The van der Waals surface area contributed by atoms with Crippen molar-refractivity contribution in [1.29, 1.82) is 0 Å². The maximum absolute atomic E-state index is 12.8. The van der Waals surface area contributed by atoms with Crippen LogP contribution in [0.2, 0.25) is 0 Å². The number of unbranched alkanes of at least 4 members (excludes halogenated alkanes) is 10. The molecule has 1 saturated heterocycles. The quantitative estimate of drug-likeness (QED) is 0.0125. The van der Waals surface area contributed by atoms with Crippen LogP contribution in [0.3, 0.4) is 0 Å². The molecule has 8 atom stereocenters. The second-order valence-electron chi connectivity index (χ2n) is 16.6. The zero-order valence-corrected chi connectivity index (χ0v) is 40.5. The van der Waals surface area contributed by atoms with E-state index < -0.39 is 89.8 Å². The monoisotopic (exact) mass is 975 g/mol. The lowest BCUT2D eigenvalue weighted by atomic mass is 10.0. The molecule has 0 aliphatic carbocycles. The van der Waals surface area contributed by atoms with Crippen LogP contribution >= 0.6 is 15.6 Å². The molecule has 2 heterocycles. The lowest BCUT2D eigenvalue weighted by Crippen LogP contribution is -2.36. The molecule has 7 N–H and O–H groups in total. The van der Waals surface area contributed by atoms with Gasteiger partial charge in [0.05, 0.1) is 19.3 Å². The molecule has 0 spiro atoms. The molecule has 376 valence electrons. The molecular weight excluding hydrogens is 900 g/mol. The number of rotatable bonds is 36. The van der Waals surface area contributed by atoms with Gasteiger partial charge in [-0.2, -0.15) is 9.29 Å². The predicted octanol–water partition coefficient (Wildman–Crippen LogP) is 7.43. The van der Waals surface area contributed by atoms with Gasteiger partial charge in [0, 0.05) is 19.0 Å². The van der Waals surface area contributed by atoms with Crippen LogP contribution < -0.4 is 11.4 Å². The zero-order chi connectivity index (χ0) is 48.8. The van der Waals surface area contributed by atoms with Gasteiger partial charge in [-0.05, 0) is 56.9 Å². The molecule has 1 aromatic rings. The first-order valence-corrected chi connectivity index (χ1v) is 26.1.